The molecule has 0 saturated heterocycles. The molecule has 3 heteroatoms. The lowest BCUT2D eigenvalue weighted by molar-refractivity contribution is 1.35. The predicted molar refractivity (Wildman–Crippen MR) is 58.6 cm³/mol. The average Bonchev–Trinajstić information content (AvgIpc) is 2.54. The second-order valence-electron chi connectivity index (χ2n) is 3.21. The Bertz CT molecular complexity index is 613. The summed E-state index contributed by atoms with van der Waals surface area (Å²) in [5.41, 5.74) is 1.94. The number of hydrogen-bond acceptors (Lipinski definition) is 1. The lowest BCUT2D eigenvalue weighted by Gasteiger charge is -1.90. The SMILES string of the molecule is Clc1ccc2c(c1)[nH]c1ncccc12. The summed E-state index contributed by atoms with van der Waals surface area (Å²) >= 11 is 5.91. The Balaban J connectivity index is 2.57. The number of halogens is 1. The Hall–Kier alpha value is -1.54. The van der Waals surface area contributed by atoms with Gasteiger partial charge in [0.25, 0.3) is 0 Å². The van der Waals surface area contributed by atoms with Gasteiger partial charge < -0.3 is 4.98 Å². The van der Waals surface area contributed by atoms with Gasteiger partial charge in [0.15, 0.2) is 0 Å². The van der Waals surface area contributed by atoms with Gasteiger partial charge in [-0.2, -0.15) is 0 Å². The minimum Gasteiger partial charge on any atom is -0.339 e. The molecule has 68 valence electrons. The highest BCUT2D eigenvalue weighted by atomic mass is 35.5. The summed E-state index contributed by atoms with van der Waals surface area (Å²) in [6.45, 7) is 0. The zero-order valence-electron chi connectivity index (χ0n) is 7.29. The summed E-state index contributed by atoms with van der Waals surface area (Å²) in [6.07, 6.45) is 1.78. The molecule has 0 fully saturated rings. The van der Waals surface area contributed by atoms with Crippen LogP contribution in [0.25, 0.3) is 21.9 Å². The summed E-state index contributed by atoms with van der Waals surface area (Å²) in [5, 5.41) is 3.04. The van der Waals surface area contributed by atoms with Crippen LogP contribution in [0.1, 0.15) is 0 Å². The van der Waals surface area contributed by atoms with Crippen LogP contribution in [0.2, 0.25) is 5.02 Å². The lowest BCUT2D eigenvalue weighted by atomic mass is 10.2. The first kappa shape index (κ1) is 7.83. The van der Waals surface area contributed by atoms with E-state index < -0.39 is 0 Å². The average molecular weight is 203 g/mol. The number of nitrogens with one attached hydrogen (secondary N) is 1. The maximum Gasteiger partial charge on any atom is 0.138 e. The van der Waals surface area contributed by atoms with Crippen LogP contribution in [0.4, 0.5) is 0 Å². The van der Waals surface area contributed by atoms with Crippen LogP contribution < -0.4 is 0 Å². The van der Waals surface area contributed by atoms with Gasteiger partial charge in [0.05, 0.1) is 0 Å². The van der Waals surface area contributed by atoms with Gasteiger partial charge in [0, 0.05) is 27.5 Å². The summed E-state index contributed by atoms with van der Waals surface area (Å²) in [6, 6.07) is 9.81. The van der Waals surface area contributed by atoms with Gasteiger partial charge >= 0.3 is 0 Å². The first-order valence-corrected chi connectivity index (χ1v) is 4.74. The monoisotopic (exact) mass is 202 g/mol. The highest BCUT2D eigenvalue weighted by Gasteiger charge is 2.03. The van der Waals surface area contributed by atoms with Crippen molar-refractivity contribution in [2.45, 2.75) is 0 Å². The van der Waals surface area contributed by atoms with E-state index in [2.05, 4.69) is 16.0 Å². The molecule has 0 spiro atoms. The van der Waals surface area contributed by atoms with Crippen LogP contribution in [0.3, 0.4) is 0 Å². The number of pyridine rings is 1. The Morgan fingerprint density at radius 3 is 3.00 bits per heavy atom. The molecule has 0 bridgehead atoms. The van der Waals surface area contributed by atoms with E-state index in [1.54, 1.807) is 6.20 Å². The van der Waals surface area contributed by atoms with Gasteiger partial charge in [-0.15, -0.1) is 0 Å². The van der Waals surface area contributed by atoms with Gasteiger partial charge in [-0.05, 0) is 24.3 Å². The van der Waals surface area contributed by atoms with E-state index >= 15 is 0 Å². The fraction of sp³-hybridized carbons (Fsp3) is 0. The van der Waals surface area contributed by atoms with E-state index in [1.807, 2.05) is 24.3 Å². The molecule has 0 amide bonds. The van der Waals surface area contributed by atoms with Crippen LogP contribution in [0.15, 0.2) is 36.5 Å². The topological polar surface area (TPSA) is 28.7 Å². The maximum absolute atomic E-state index is 5.91. The van der Waals surface area contributed by atoms with Crippen molar-refractivity contribution in [3.63, 3.8) is 0 Å². The number of aromatic amines is 1. The van der Waals surface area contributed by atoms with E-state index in [4.69, 9.17) is 11.6 Å². The van der Waals surface area contributed by atoms with Gasteiger partial charge in [0.1, 0.15) is 5.65 Å². The van der Waals surface area contributed by atoms with Crippen molar-refractivity contribution in [2.24, 2.45) is 0 Å². The van der Waals surface area contributed by atoms with Crippen LogP contribution in [0, 0.1) is 0 Å². The van der Waals surface area contributed by atoms with Crippen LogP contribution >= 0.6 is 11.6 Å². The quantitative estimate of drug-likeness (QED) is 0.595. The van der Waals surface area contributed by atoms with E-state index in [1.165, 1.54) is 0 Å². The molecular weight excluding hydrogens is 196 g/mol. The number of nitrogens with zero attached hydrogens (tertiary/aromatic N) is 1. The predicted octanol–water partition coefficient (Wildman–Crippen LogP) is 3.37. The van der Waals surface area contributed by atoms with E-state index in [0.29, 0.717) is 0 Å². The summed E-state index contributed by atoms with van der Waals surface area (Å²) in [5.74, 6) is 0. The lowest BCUT2D eigenvalue weighted by Crippen LogP contribution is -1.71. The molecule has 2 nitrogen and oxygen atoms in total. The Morgan fingerprint density at radius 1 is 1.14 bits per heavy atom. The molecule has 0 atom stereocenters. The number of fused-ring (bicyclic) bond motifs is 3. The second kappa shape index (κ2) is 2.72. The number of hydrogen-bond donors (Lipinski definition) is 1. The molecule has 0 saturated carbocycles. The molecular formula is C11H7ClN2. The van der Waals surface area contributed by atoms with E-state index in [0.717, 1.165) is 27.0 Å². The van der Waals surface area contributed by atoms with Gasteiger partial charge in [0.2, 0.25) is 0 Å². The van der Waals surface area contributed by atoms with Crippen molar-refractivity contribution in [1.82, 2.24) is 9.97 Å². The Morgan fingerprint density at radius 2 is 2.07 bits per heavy atom. The largest absolute Gasteiger partial charge is 0.339 e. The molecule has 3 aromatic rings. The fourth-order valence-corrected chi connectivity index (χ4v) is 1.88. The number of aromatic nitrogens is 2. The zero-order chi connectivity index (χ0) is 9.54. The van der Waals surface area contributed by atoms with Gasteiger partial charge in [-0.25, -0.2) is 4.98 Å². The van der Waals surface area contributed by atoms with E-state index in [-0.39, 0.29) is 0 Å². The Kier molecular flexibility index (Phi) is 1.52. The van der Waals surface area contributed by atoms with Crippen LogP contribution in [-0.2, 0) is 0 Å². The zero-order valence-corrected chi connectivity index (χ0v) is 8.05. The smallest absolute Gasteiger partial charge is 0.138 e. The molecule has 14 heavy (non-hydrogen) atoms. The standard InChI is InChI=1S/C11H7ClN2/c12-7-3-4-8-9-2-1-5-13-11(9)14-10(8)6-7/h1-6H,(H,13,14). The van der Waals surface area contributed by atoms with Crippen LogP contribution in [-0.4, -0.2) is 9.97 Å². The first-order valence-electron chi connectivity index (χ1n) is 4.36. The second-order valence-corrected chi connectivity index (χ2v) is 3.65. The third kappa shape index (κ3) is 1.01. The molecule has 0 radical (unpaired) electrons. The normalized spacial score (nSPS) is 11.2. The van der Waals surface area contributed by atoms with Crippen molar-refractivity contribution in [3.8, 4) is 0 Å². The van der Waals surface area contributed by atoms with E-state index in [9.17, 15) is 0 Å². The highest BCUT2D eigenvalue weighted by Crippen LogP contribution is 2.25. The van der Waals surface area contributed by atoms with Crippen molar-refractivity contribution in [1.29, 1.82) is 0 Å². The number of benzene rings is 1. The third-order valence-electron chi connectivity index (χ3n) is 2.33. The minimum absolute atomic E-state index is 0.740. The molecule has 0 aliphatic heterocycles. The molecule has 1 N–H and O–H groups in total. The summed E-state index contributed by atoms with van der Waals surface area (Å²) < 4.78 is 0. The highest BCUT2D eigenvalue weighted by molar-refractivity contribution is 6.31. The van der Waals surface area contributed by atoms with Gasteiger partial charge in [-0.1, -0.05) is 17.7 Å². The summed E-state index contributed by atoms with van der Waals surface area (Å²) in [7, 11) is 0. The number of H-pyrrole nitrogens is 1. The molecule has 3 rings (SSSR count). The van der Waals surface area contributed by atoms with Crippen molar-refractivity contribution >= 4 is 33.5 Å². The third-order valence-corrected chi connectivity index (χ3v) is 2.57. The van der Waals surface area contributed by atoms with Crippen molar-refractivity contribution in [2.75, 3.05) is 0 Å². The molecule has 0 aliphatic carbocycles. The van der Waals surface area contributed by atoms with Crippen molar-refractivity contribution < 1.29 is 0 Å². The van der Waals surface area contributed by atoms with Crippen molar-refractivity contribution in [3.05, 3.63) is 41.6 Å². The maximum atomic E-state index is 5.91. The minimum atomic E-state index is 0.740. The molecule has 2 aromatic heterocycles. The molecule has 0 unspecified atom stereocenters. The summed E-state index contributed by atoms with van der Waals surface area (Å²) in [4.78, 5) is 7.47. The van der Waals surface area contributed by atoms with Gasteiger partial charge in [-0.3, -0.25) is 0 Å². The van der Waals surface area contributed by atoms with Crippen LogP contribution in [0.5, 0.6) is 0 Å². The number of rotatable bonds is 0. The fourth-order valence-electron chi connectivity index (χ4n) is 1.70. The molecule has 2 heterocycles. The molecule has 0 aliphatic rings. The Labute approximate surface area is 85.5 Å². The first-order chi connectivity index (χ1) is 6.84. The molecule has 1 aromatic carbocycles.